The molecule has 0 fully saturated rings. The second-order valence-corrected chi connectivity index (χ2v) is 3.95. The molecule has 0 aliphatic heterocycles. The van der Waals surface area contributed by atoms with Gasteiger partial charge in [-0.25, -0.2) is 0 Å². The molecule has 0 aromatic heterocycles. The predicted octanol–water partition coefficient (Wildman–Crippen LogP) is 2.82. The molecule has 1 atom stereocenters. The number of rotatable bonds is 1. The minimum absolute atomic E-state index is 0.199. The number of hydrogen-bond donors (Lipinski definition) is 2. The standard InChI is InChI=1S/C14H15NO/c1-10-11(6-4-7-13(10)15)9-12-5-2-3-8-14(12)16/h2-10,16H,15H2,1H3. The number of benzene rings is 1. The van der Waals surface area contributed by atoms with Crippen LogP contribution in [0.25, 0.3) is 6.08 Å². The highest BCUT2D eigenvalue weighted by molar-refractivity contribution is 5.63. The largest absolute Gasteiger partial charge is 0.507 e. The molecule has 2 heteroatoms. The first kappa shape index (κ1) is 10.6. The van der Waals surface area contributed by atoms with Crippen LogP contribution in [0.1, 0.15) is 12.5 Å². The van der Waals surface area contributed by atoms with Crippen molar-refractivity contribution in [3.05, 3.63) is 59.3 Å². The zero-order chi connectivity index (χ0) is 11.5. The van der Waals surface area contributed by atoms with Gasteiger partial charge in [0.05, 0.1) is 0 Å². The van der Waals surface area contributed by atoms with Crippen molar-refractivity contribution in [1.29, 1.82) is 0 Å². The van der Waals surface area contributed by atoms with Gasteiger partial charge in [-0.1, -0.05) is 37.3 Å². The molecule has 3 N–H and O–H groups in total. The van der Waals surface area contributed by atoms with Gasteiger partial charge in [0.25, 0.3) is 0 Å². The summed E-state index contributed by atoms with van der Waals surface area (Å²) in [4.78, 5) is 0. The van der Waals surface area contributed by atoms with Crippen LogP contribution in [0.3, 0.4) is 0 Å². The fourth-order valence-electron chi connectivity index (χ4n) is 1.71. The molecular weight excluding hydrogens is 198 g/mol. The first-order valence-corrected chi connectivity index (χ1v) is 5.32. The van der Waals surface area contributed by atoms with Crippen molar-refractivity contribution in [2.75, 3.05) is 0 Å². The molecule has 2 nitrogen and oxygen atoms in total. The average Bonchev–Trinajstić information content (AvgIpc) is 2.28. The van der Waals surface area contributed by atoms with Crippen LogP contribution in [0.2, 0.25) is 0 Å². The van der Waals surface area contributed by atoms with Crippen LogP contribution in [-0.2, 0) is 0 Å². The zero-order valence-electron chi connectivity index (χ0n) is 9.22. The van der Waals surface area contributed by atoms with Gasteiger partial charge in [0, 0.05) is 17.2 Å². The topological polar surface area (TPSA) is 46.2 Å². The van der Waals surface area contributed by atoms with Gasteiger partial charge >= 0.3 is 0 Å². The van der Waals surface area contributed by atoms with E-state index in [1.165, 1.54) is 0 Å². The molecule has 0 saturated carbocycles. The molecule has 0 heterocycles. The SMILES string of the molecule is CC1C(N)=CC=CC1=Cc1ccccc1O. The highest BCUT2D eigenvalue weighted by Crippen LogP contribution is 2.27. The lowest BCUT2D eigenvalue weighted by atomic mass is 9.91. The summed E-state index contributed by atoms with van der Waals surface area (Å²) in [7, 11) is 0. The Morgan fingerprint density at radius 1 is 1.31 bits per heavy atom. The van der Waals surface area contributed by atoms with Crippen LogP contribution >= 0.6 is 0 Å². The summed E-state index contributed by atoms with van der Waals surface area (Å²) in [6.45, 7) is 2.06. The number of aromatic hydroxyl groups is 1. The Balaban J connectivity index is 2.36. The van der Waals surface area contributed by atoms with Gasteiger partial charge in [-0.2, -0.15) is 0 Å². The van der Waals surface area contributed by atoms with Crippen molar-refractivity contribution >= 4 is 6.08 Å². The molecule has 1 aromatic carbocycles. The van der Waals surface area contributed by atoms with Crippen molar-refractivity contribution < 1.29 is 5.11 Å². The van der Waals surface area contributed by atoms with Crippen LogP contribution in [-0.4, -0.2) is 5.11 Å². The molecule has 1 aliphatic rings. The second kappa shape index (κ2) is 4.27. The quantitative estimate of drug-likeness (QED) is 0.753. The maximum atomic E-state index is 9.68. The van der Waals surface area contributed by atoms with Crippen molar-refractivity contribution in [2.24, 2.45) is 11.7 Å². The number of para-hydroxylation sites is 1. The highest BCUT2D eigenvalue weighted by atomic mass is 16.3. The third-order valence-corrected chi connectivity index (χ3v) is 2.84. The fraction of sp³-hybridized carbons (Fsp3) is 0.143. The number of allylic oxidation sites excluding steroid dienone is 4. The Morgan fingerprint density at radius 3 is 2.81 bits per heavy atom. The molecule has 0 spiro atoms. The number of hydrogen-bond acceptors (Lipinski definition) is 2. The van der Waals surface area contributed by atoms with E-state index in [4.69, 9.17) is 5.73 Å². The van der Waals surface area contributed by atoms with Crippen LogP contribution in [0.5, 0.6) is 5.75 Å². The summed E-state index contributed by atoms with van der Waals surface area (Å²) in [5, 5.41) is 9.68. The highest BCUT2D eigenvalue weighted by Gasteiger charge is 2.12. The van der Waals surface area contributed by atoms with Crippen molar-refractivity contribution in [3.8, 4) is 5.75 Å². The van der Waals surface area contributed by atoms with Gasteiger partial charge in [-0.05, 0) is 23.8 Å². The molecule has 1 aliphatic carbocycles. The normalized spacial score (nSPS) is 22.2. The van der Waals surface area contributed by atoms with E-state index in [1.807, 2.05) is 42.5 Å². The van der Waals surface area contributed by atoms with Gasteiger partial charge in [0.15, 0.2) is 0 Å². The smallest absolute Gasteiger partial charge is 0.122 e. The Kier molecular flexibility index (Phi) is 2.82. The van der Waals surface area contributed by atoms with E-state index in [0.717, 1.165) is 16.8 Å². The Hall–Kier alpha value is -1.96. The first-order valence-electron chi connectivity index (χ1n) is 5.32. The van der Waals surface area contributed by atoms with Crippen molar-refractivity contribution in [2.45, 2.75) is 6.92 Å². The van der Waals surface area contributed by atoms with E-state index in [0.29, 0.717) is 5.75 Å². The average molecular weight is 213 g/mol. The lowest BCUT2D eigenvalue weighted by Crippen LogP contribution is -2.12. The molecule has 0 bridgehead atoms. The lowest BCUT2D eigenvalue weighted by Gasteiger charge is -2.17. The van der Waals surface area contributed by atoms with Gasteiger partial charge < -0.3 is 10.8 Å². The molecule has 0 saturated heterocycles. The summed E-state index contributed by atoms with van der Waals surface area (Å²) in [5.74, 6) is 0.494. The Morgan fingerprint density at radius 2 is 2.06 bits per heavy atom. The summed E-state index contributed by atoms with van der Waals surface area (Å²) >= 11 is 0. The van der Waals surface area contributed by atoms with Gasteiger partial charge in [-0.3, -0.25) is 0 Å². The molecule has 2 rings (SSSR count). The van der Waals surface area contributed by atoms with E-state index < -0.39 is 0 Å². The van der Waals surface area contributed by atoms with Crippen molar-refractivity contribution in [1.82, 2.24) is 0 Å². The zero-order valence-corrected chi connectivity index (χ0v) is 9.22. The summed E-state index contributed by atoms with van der Waals surface area (Å²) in [6.07, 6.45) is 7.83. The number of nitrogens with two attached hydrogens (primary N) is 1. The monoisotopic (exact) mass is 213 g/mol. The molecule has 0 amide bonds. The van der Waals surface area contributed by atoms with E-state index in [9.17, 15) is 5.11 Å². The van der Waals surface area contributed by atoms with Gasteiger partial charge in [0.2, 0.25) is 0 Å². The summed E-state index contributed by atoms with van der Waals surface area (Å²) in [5.41, 5.74) is 8.65. The minimum atomic E-state index is 0.199. The number of phenols is 1. The maximum absolute atomic E-state index is 9.68. The maximum Gasteiger partial charge on any atom is 0.122 e. The first-order chi connectivity index (χ1) is 7.68. The van der Waals surface area contributed by atoms with E-state index in [2.05, 4.69) is 6.92 Å². The fourth-order valence-corrected chi connectivity index (χ4v) is 1.71. The van der Waals surface area contributed by atoms with Crippen LogP contribution in [0.4, 0.5) is 0 Å². The molecule has 82 valence electrons. The summed E-state index contributed by atoms with van der Waals surface area (Å²) in [6, 6.07) is 7.29. The molecule has 0 radical (unpaired) electrons. The summed E-state index contributed by atoms with van der Waals surface area (Å²) < 4.78 is 0. The lowest BCUT2D eigenvalue weighted by molar-refractivity contribution is 0.474. The van der Waals surface area contributed by atoms with Gasteiger partial charge in [-0.15, -0.1) is 0 Å². The third-order valence-electron chi connectivity index (χ3n) is 2.84. The molecular formula is C14H15NO. The Bertz CT molecular complexity index is 483. The third kappa shape index (κ3) is 2.01. The van der Waals surface area contributed by atoms with E-state index in [1.54, 1.807) is 6.07 Å². The van der Waals surface area contributed by atoms with E-state index in [-0.39, 0.29) is 5.92 Å². The predicted molar refractivity (Wildman–Crippen MR) is 66.7 cm³/mol. The van der Waals surface area contributed by atoms with E-state index >= 15 is 0 Å². The Labute approximate surface area is 95.4 Å². The molecule has 16 heavy (non-hydrogen) atoms. The van der Waals surface area contributed by atoms with Crippen molar-refractivity contribution in [3.63, 3.8) is 0 Å². The van der Waals surface area contributed by atoms with Crippen LogP contribution in [0.15, 0.2) is 53.8 Å². The number of phenolic OH excluding ortho intramolecular Hbond substituents is 1. The van der Waals surface area contributed by atoms with Crippen LogP contribution in [0, 0.1) is 5.92 Å². The van der Waals surface area contributed by atoms with Gasteiger partial charge in [0.1, 0.15) is 5.75 Å². The molecule has 1 aromatic rings. The second-order valence-electron chi connectivity index (χ2n) is 3.95. The minimum Gasteiger partial charge on any atom is -0.507 e. The van der Waals surface area contributed by atoms with Crippen LogP contribution < -0.4 is 5.73 Å². The molecule has 1 unspecified atom stereocenters.